The highest BCUT2D eigenvalue weighted by molar-refractivity contribution is 5.93. The highest BCUT2D eigenvalue weighted by Gasteiger charge is 2.41. The van der Waals surface area contributed by atoms with E-state index in [2.05, 4.69) is 6.92 Å². The molecule has 0 radical (unpaired) electrons. The standard InChI is InChI=1S/C11H16O2/c1-7-4-5-9-8(6-7)10(12)13-11(9,2)3/h7H,4-6H2,1-3H3. The van der Waals surface area contributed by atoms with E-state index in [0.717, 1.165) is 18.4 Å². The minimum absolute atomic E-state index is 0.0773. The first-order chi connectivity index (χ1) is 6.00. The molecule has 0 N–H and O–H groups in total. The fraction of sp³-hybridized carbons (Fsp3) is 0.727. The van der Waals surface area contributed by atoms with Gasteiger partial charge in [-0.25, -0.2) is 4.79 Å². The maximum atomic E-state index is 11.5. The fourth-order valence-electron chi connectivity index (χ4n) is 2.34. The summed E-state index contributed by atoms with van der Waals surface area (Å²) in [5.74, 6) is 0.562. The van der Waals surface area contributed by atoms with Gasteiger partial charge in [0.15, 0.2) is 0 Å². The molecule has 1 unspecified atom stereocenters. The second-order valence-electron chi connectivity index (χ2n) is 4.70. The van der Waals surface area contributed by atoms with Crippen molar-refractivity contribution in [3.05, 3.63) is 11.1 Å². The molecule has 0 amide bonds. The molecule has 1 aliphatic carbocycles. The highest BCUT2D eigenvalue weighted by atomic mass is 16.6. The summed E-state index contributed by atoms with van der Waals surface area (Å²) in [6.45, 7) is 6.18. The summed E-state index contributed by atoms with van der Waals surface area (Å²) in [7, 11) is 0. The molecular formula is C11H16O2. The summed E-state index contributed by atoms with van der Waals surface area (Å²) in [6, 6.07) is 0. The van der Waals surface area contributed by atoms with Crippen LogP contribution in [0.4, 0.5) is 0 Å². The number of esters is 1. The van der Waals surface area contributed by atoms with Gasteiger partial charge in [-0.05, 0) is 44.6 Å². The zero-order valence-corrected chi connectivity index (χ0v) is 8.52. The van der Waals surface area contributed by atoms with Crippen molar-refractivity contribution in [2.75, 3.05) is 0 Å². The number of ether oxygens (including phenoxy) is 1. The normalized spacial score (nSPS) is 31.6. The summed E-state index contributed by atoms with van der Waals surface area (Å²) >= 11 is 0. The number of hydrogen-bond acceptors (Lipinski definition) is 2. The molecule has 0 bridgehead atoms. The van der Waals surface area contributed by atoms with Crippen LogP contribution < -0.4 is 0 Å². The molecule has 2 aliphatic rings. The van der Waals surface area contributed by atoms with Gasteiger partial charge in [-0.2, -0.15) is 0 Å². The molecule has 2 heteroatoms. The molecule has 1 atom stereocenters. The summed E-state index contributed by atoms with van der Waals surface area (Å²) < 4.78 is 5.33. The largest absolute Gasteiger partial charge is 0.452 e. The van der Waals surface area contributed by atoms with E-state index in [4.69, 9.17) is 4.74 Å². The lowest BCUT2D eigenvalue weighted by Crippen LogP contribution is -2.23. The van der Waals surface area contributed by atoms with Gasteiger partial charge in [-0.1, -0.05) is 6.92 Å². The number of carbonyl (C=O) groups excluding carboxylic acids is 1. The zero-order valence-electron chi connectivity index (χ0n) is 8.52. The zero-order chi connectivity index (χ0) is 9.64. The summed E-state index contributed by atoms with van der Waals surface area (Å²) in [4.78, 5) is 11.5. The van der Waals surface area contributed by atoms with Gasteiger partial charge in [-0.15, -0.1) is 0 Å². The van der Waals surface area contributed by atoms with E-state index in [9.17, 15) is 4.79 Å². The number of rotatable bonds is 0. The smallest absolute Gasteiger partial charge is 0.334 e. The van der Waals surface area contributed by atoms with E-state index in [1.807, 2.05) is 13.8 Å². The second-order valence-corrected chi connectivity index (χ2v) is 4.70. The Morgan fingerprint density at radius 2 is 2.15 bits per heavy atom. The minimum atomic E-state index is -0.327. The van der Waals surface area contributed by atoms with Crippen molar-refractivity contribution < 1.29 is 9.53 Å². The molecule has 2 nitrogen and oxygen atoms in total. The SMILES string of the molecule is CC1CCC2=C(C1)C(=O)OC2(C)C. The Labute approximate surface area is 79.0 Å². The summed E-state index contributed by atoms with van der Waals surface area (Å²) in [6.07, 6.45) is 3.14. The van der Waals surface area contributed by atoms with Crippen LogP contribution in [0.25, 0.3) is 0 Å². The van der Waals surface area contributed by atoms with E-state index in [1.54, 1.807) is 0 Å². The van der Waals surface area contributed by atoms with Crippen LogP contribution >= 0.6 is 0 Å². The van der Waals surface area contributed by atoms with Gasteiger partial charge >= 0.3 is 5.97 Å². The predicted octanol–water partition coefficient (Wildman–Crippen LogP) is 2.44. The molecule has 2 rings (SSSR count). The van der Waals surface area contributed by atoms with Crippen LogP contribution in [0, 0.1) is 5.92 Å². The Balaban J connectivity index is 2.37. The van der Waals surface area contributed by atoms with Crippen molar-refractivity contribution in [2.24, 2.45) is 5.92 Å². The number of hydrogen-bond donors (Lipinski definition) is 0. The molecule has 0 aromatic carbocycles. The Morgan fingerprint density at radius 1 is 1.46 bits per heavy atom. The van der Waals surface area contributed by atoms with Gasteiger partial charge in [-0.3, -0.25) is 0 Å². The summed E-state index contributed by atoms with van der Waals surface area (Å²) in [5.41, 5.74) is 1.88. The Bertz CT molecular complexity index is 286. The number of carbonyl (C=O) groups is 1. The predicted molar refractivity (Wildman–Crippen MR) is 50.2 cm³/mol. The van der Waals surface area contributed by atoms with E-state index in [0.29, 0.717) is 5.92 Å². The van der Waals surface area contributed by atoms with Crippen LogP contribution in [-0.4, -0.2) is 11.6 Å². The fourth-order valence-corrected chi connectivity index (χ4v) is 2.34. The van der Waals surface area contributed by atoms with Gasteiger partial charge in [0, 0.05) is 5.57 Å². The molecule has 0 spiro atoms. The topological polar surface area (TPSA) is 26.3 Å². The molecular weight excluding hydrogens is 164 g/mol. The minimum Gasteiger partial charge on any atom is -0.452 e. The third-order valence-corrected chi connectivity index (χ3v) is 3.13. The monoisotopic (exact) mass is 180 g/mol. The molecule has 0 fully saturated rings. The van der Waals surface area contributed by atoms with Gasteiger partial charge in [0.1, 0.15) is 5.60 Å². The molecule has 0 saturated carbocycles. The molecule has 0 saturated heterocycles. The lowest BCUT2D eigenvalue weighted by molar-refractivity contribution is -0.144. The van der Waals surface area contributed by atoms with Crippen molar-refractivity contribution >= 4 is 5.97 Å². The van der Waals surface area contributed by atoms with Crippen LogP contribution in [0.5, 0.6) is 0 Å². The van der Waals surface area contributed by atoms with E-state index in [1.165, 1.54) is 12.0 Å². The maximum Gasteiger partial charge on any atom is 0.334 e. The van der Waals surface area contributed by atoms with Crippen LogP contribution in [0.2, 0.25) is 0 Å². The first kappa shape index (κ1) is 8.79. The molecule has 1 aliphatic heterocycles. The van der Waals surface area contributed by atoms with E-state index >= 15 is 0 Å². The van der Waals surface area contributed by atoms with Gasteiger partial charge in [0.25, 0.3) is 0 Å². The molecule has 13 heavy (non-hydrogen) atoms. The average molecular weight is 180 g/mol. The third-order valence-electron chi connectivity index (χ3n) is 3.13. The van der Waals surface area contributed by atoms with Crippen LogP contribution in [0.3, 0.4) is 0 Å². The second kappa shape index (κ2) is 2.60. The highest BCUT2D eigenvalue weighted by Crippen LogP contribution is 2.42. The van der Waals surface area contributed by atoms with Crippen molar-refractivity contribution in [3.63, 3.8) is 0 Å². The molecule has 72 valence electrons. The van der Waals surface area contributed by atoms with Gasteiger partial charge < -0.3 is 4.74 Å². The van der Waals surface area contributed by atoms with Gasteiger partial charge in [0.2, 0.25) is 0 Å². The molecule has 1 heterocycles. The molecule has 0 aromatic heterocycles. The number of cyclic esters (lactones) is 1. The third kappa shape index (κ3) is 1.28. The Kier molecular flexibility index (Phi) is 1.76. The van der Waals surface area contributed by atoms with Crippen molar-refractivity contribution in [1.29, 1.82) is 0 Å². The Hall–Kier alpha value is -0.790. The van der Waals surface area contributed by atoms with Crippen molar-refractivity contribution in [3.8, 4) is 0 Å². The Morgan fingerprint density at radius 3 is 2.85 bits per heavy atom. The van der Waals surface area contributed by atoms with E-state index in [-0.39, 0.29) is 11.6 Å². The lowest BCUT2D eigenvalue weighted by Gasteiger charge is -2.24. The first-order valence-corrected chi connectivity index (χ1v) is 4.96. The van der Waals surface area contributed by atoms with Crippen LogP contribution in [0.1, 0.15) is 40.0 Å². The lowest BCUT2D eigenvalue weighted by atomic mass is 9.81. The van der Waals surface area contributed by atoms with Gasteiger partial charge in [0.05, 0.1) is 0 Å². The van der Waals surface area contributed by atoms with Crippen LogP contribution in [-0.2, 0) is 9.53 Å². The average Bonchev–Trinajstić information content (AvgIpc) is 2.22. The van der Waals surface area contributed by atoms with Crippen molar-refractivity contribution in [2.45, 2.75) is 45.6 Å². The quantitative estimate of drug-likeness (QED) is 0.535. The molecule has 0 aromatic rings. The summed E-state index contributed by atoms with van der Waals surface area (Å²) in [5, 5.41) is 0. The maximum absolute atomic E-state index is 11.5. The first-order valence-electron chi connectivity index (χ1n) is 4.96. The van der Waals surface area contributed by atoms with Crippen molar-refractivity contribution in [1.82, 2.24) is 0 Å². The van der Waals surface area contributed by atoms with E-state index < -0.39 is 0 Å². The van der Waals surface area contributed by atoms with Crippen LogP contribution in [0.15, 0.2) is 11.1 Å².